The van der Waals surface area contributed by atoms with Gasteiger partial charge in [-0.15, -0.1) is 0 Å². The number of hydrogen-bond donors (Lipinski definition) is 3. The molecule has 0 aliphatic carbocycles. The van der Waals surface area contributed by atoms with Crippen LogP contribution < -0.4 is 15.4 Å². The number of aliphatic imine (C=N–C) groups is 1. The van der Waals surface area contributed by atoms with Crippen LogP contribution in [0.1, 0.15) is 11.3 Å². The van der Waals surface area contributed by atoms with Gasteiger partial charge in [0, 0.05) is 42.8 Å². The topological polar surface area (TPSA) is 117 Å². The van der Waals surface area contributed by atoms with E-state index in [0.717, 1.165) is 17.5 Å². The van der Waals surface area contributed by atoms with Crippen molar-refractivity contribution in [3.63, 3.8) is 0 Å². The number of carbonyl (C=O) groups excluding carboxylic acids is 1. The highest BCUT2D eigenvalue weighted by atomic mass is 35.5. The lowest BCUT2D eigenvalue weighted by Gasteiger charge is -2.03. The van der Waals surface area contributed by atoms with Gasteiger partial charge < -0.3 is 19.9 Å². The third kappa shape index (κ3) is 7.95. The largest absolute Gasteiger partial charge is 0.436 e. The number of aldehydes is 1. The number of aromatic nitrogens is 3. The van der Waals surface area contributed by atoms with Crippen LogP contribution in [-0.4, -0.2) is 35.0 Å². The van der Waals surface area contributed by atoms with Gasteiger partial charge in [0.15, 0.2) is 6.29 Å². The summed E-state index contributed by atoms with van der Waals surface area (Å²) in [5, 5.41) is 17.0. The predicted octanol–water partition coefficient (Wildman–Crippen LogP) is 4.93. The Morgan fingerprint density at radius 1 is 1.15 bits per heavy atom. The Bertz CT molecular complexity index is 1170. The number of halogens is 1. The number of aromatic amines is 1. The second-order valence-electron chi connectivity index (χ2n) is 6.69. The van der Waals surface area contributed by atoms with Crippen LogP contribution in [0.4, 0.5) is 5.69 Å². The van der Waals surface area contributed by atoms with Crippen molar-refractivity contribution in [1.82, 2.24) is 20.7 Å². The zero-order valence-electron chi connectivity index (χ0n) is 18.3. The molecule has 0 atom stereocenters. The van der Waals surface area contributed by atoms with Crippen LogP contribution in [0, 0.1) is 0 Å². The zero-order chi connectivity index (χ0) is 24.0. The molecule has 0 radical (unpaired) electrons. The van der Waals surface area contributed by atoms with Crippen molar-refractivity contribution in [2.75, 3.05) is 12.4 Å². The summed E-state index contributed by atoms with van der Waals surface area (Å²) in [7, 11) is 1.70. The minimum absolute atomic E-state index is 0.441. The molecule has 4 rings (SSSR count). The number of carbonyl (C=O) groups is 1. The van der Waals surface area contributed by atoms with Crippen molar-refractivity contribution in [2.24, 2.45) is 4.99 Å². The van der Waals surface area contributed by atoms with Crippen molar-refractivity contribution in [3.8, 4) is 11.6 Å². The maximum Gasteiger partial charge on any atom is 0.259 e. The average molecular weight is 479 g/mol. The number of anilines is 1. The molecule has 0 amide bonds. The molecule has 0 saturated heterocycles. The molecule has 2 aromatic heterocycles. The summed E-state index contributed by atoms with van der Waals surface area (Å²) in [6.07, 6.45) is 7.12. The molecule has 2 heterocycles. The highest BCUT2D eigenvalue weighted by Crippen LogP contribution is 2.21. The van der Waals surface area contributed by atoms with E-state index >= 15 is 0 Å². The third-order valence-corrected chi connectivity index (χ3v) is 4.52. The Labute approximate surface area is 201 Å². The fourth-order valence-electron chi connectivity index (χ4n) is 2.61. The quantitative estimate of drug-likeness (QED) is 0.135. The van der Waals surface area contributed by atoms with Crippen LogP contribution in [0.15, 0.2) is 88.8 Å². The van der Waals surface area contributed by atoms with Gasteiger partial charge in [-0.1, -0.05) is 23.7 Å². The number of H-pyrrole nitrogens is 1. The number of ether oxygens (including phenoxy) is 1. The van der Waals surface area contributed by atoms with Crippen LogP contribution >= 0.6 is 11.6 Å². The first kappa shape index (κ1) is 24.3. The molecule has 4 aromatic rings. The van der Waals surface area contributed by atoms with Gasteiger partial charge in [-0.3, -0.25) is 14.9 Å². The minimum Gasteiger partial charge on any atom is -0.436 e. The summed E-state index contributed by atoms with van der Waals surface area (Å²) >= 11 is 5.80. The van der Waals surface area contributed by atoms with Gasteiger partial charge in [0.05, 0.1) is 17.6 Å². The molecule has 0 aliphatic heterocycles. The van der Waals surface area contributed by atoms with Crippen LogP contribution in [0.5, 0.6) is 11.6 Å². The average Bonchev–Trinajstić information content (AvgIpc) is 3.58. The van der Waals surface area contributed by atoms with Crippen molar-refractivity contribution < 1.29 is 14.1 Å². The van der Waals surface area contributed by atoms with Crippen molar-refractivity contribution in [1.29, 1.82) is 0 Å². The van der Waals surface area contributed by atoms with Gasteiger partial charge in [0.25, 0.3) is 5.88 Å². The van der Waals surface area contributed by atoms with Gasteiger partial charge in [0.1, 0.15) is 12.0 Å². The van der Waals surface area contributed by atoms with E-state index < -0.39 is 0 Å². The standard InChI is InChI=1S/C13H12ClN3O.C11H11N3O2/c14-12-3-1-10(2-4-12)7-15-8-11(9-18)13-5-6-16-17-13;1-12-8-13-9-2-4-10(5-3-9)16-11-6-7-15-14-11/h1-6,8-9,15H,7H2,(H,16,17);2-8H,1H3,(H,12,13)/b11-8+;. The molecule has 0 bridgehead atoms. The number of benzene rings is 2. The lowest BCUT2D eigenvalue weighted by molar-refractivity contribution is -0.103. The molecule has 9 nitrogen and oxygen atoms in total. The number of nitrogens with one attached hydrogen (secondary N) is 3. The maximum atomic E-state index is 10.9. The third-order valence-electron chi connectivity index (χ3n) is 4.27. The lowest BCUT2D eigenvalue weighted by Crippen LogP contribution is -2.06. The minimum atomic E-state index is 0.441. The highest BCUT2D eigenvalue weighted by molar-refractivity contribution is 6.30. The van der Waals surface area contributed by atoms with Gasteiger partial charge in [-0.25, -0.2) is 0 Å². The van der Waals surface area contributed by atoms with E-state index in [2.05, 4.69) is 35.5 Å². The molecular formula is C24H23ClN6O3. The Hall–Kier alpha value is -4.37. The Balaban J connectivity index is 0.000000192. The van der Waals surface area contributed by atoms with Crippen LogP contribution in [0.3, 0.4) is 0 Å². The van der Waals surface area contributed by atoms with E-state index in [1.807, 2.05) is 48.5 Å². The molecular weight excluding hydrogens is 456 g/mol. The highest BCUT2D eigenvalue weighted by Gasteiger charge is 2.01. The Morgan fingerprint density at radius 3 is 2.56 bits per heavy atom. The van der Waals surface area contributed by atoms with Crippen LogP contribution in [0.25, 0.3) is 5.57 Å². The molecule has 174 valence electrons. The van der Waals surface area contributed by atoms with E-state index in [1.54, 1.807) is 37.9 Å². The predicted molar refractivity (Wildman–Crippen MR) is 132 cm³/mol. The molecule has 34 heavy (non-hydrogen) atoms. The molecule has 0 spiro atoms. The monoisotopic (exact) mass is 478 g/mol. The van der Waals surface area contributed by atoms with Gasteiger partial charge in [0.2, 0.25) is 0 Å². The van der Waals surface area contributed by atoms with E-state index in [9.17, 15) is 4.79 Å². The fourth-order valence-corrected chi connectivity index (χ4v) is 2.73. The first-order valence-electron chi connectivity index (χ1n) is 10.2. The van der Waals surface area contributed by atoms with Gasteiger partial charge >= 0.3 is 0 Å². The molecule has 10 heteroatoms. The zero-order valence-corrected chi connectivity index (χ0v) is 19.1. The first-order chi connectivity index (χ1) is 16.7. The second-order valence-corrected chi connectivity index (χ2v) is 7.13. The number of allylic oxidation sites excluding steroid dienone is 1. The summed E-state index contributed by atoms with van der Waals surface area (Å²) in [4.78, 5) is 14.7. The summed E-state index contributed by atoms with van der Waals surface area (Å²) in [5.74, 6) is 1.14. The molecule has 0 aliphatic rings. The van der Waals surface area contributed by atoms with Crippen LogP contribution in [-0.2, 0) is 11.3 Å². The Kier molecular flexibility index (Phi) is 9.45. The molecule has 3 N–H and O–H groups in total. The van der Waals surface area contributed by atoms with Crippen molar-refractivity contribution >= 4 is 35.5 Å². The Morgan fingerprint density at radius 2 is 1.94 bits per heavy atom. The summed E-state index contributed by atoms with van der Waals surface area (Å²) in [6.45, 7) is 0.628. The number of nitrogens with zero attached hydrogens (tertiary/aromatic N) is 3. The maximum absolute atomic E-state index is 10.9. The number of rotatable bonds is 9. The van der Waals surface area contributed by atoms with Crippen molar-refractivity contribution in [2.45, 2.75) is 6.54 Å². The van der Waals surface area contributed by atoms with Crippen molar-refractivity contribution in [3.05, 3.63) is 95.6 Å². The number of hydrogen-bond acceptors (Lipinski definition) is 7. The molecule has 0 saturated carbocycles. The molecule has 2 aromatic carbocycles. The van der Waals surface area contributed by atoms with E-state index in [-0.39, 0.29) is 0 Å². The fraction of sp³-hybridized carbons (Fsp3) is 0.0833. The first-order valence-corrected chi connectivity index (χ1v) is 10.5. The summed E-state index contributed by atoms with van der Waals surface area (Å²) < 4.78 is 10.1. The van der Waals surface area contributed by atoms with E-state index in [0.29, 0.717) is 34.5 Å². The normalized spacial score (nSPS) is 10.9. The summed E-state index contributed by atoms with van der Waals surface area (Å²) in [6, 6.07) is 18.4. The summed E-state index contributed by atoms with van der Waals surface area (Å²) in [5.41, 5.74) is 3.25. The van der Waals surface area contributed by atoms with Crippen LogP contribution in [0.2, 0.25) is 5.02 Å². The smallest absolute Gasteiger partial charge is 0.259 e. The van der Waals surface area contributed by atoms with Gasteiger partial charge in [-0.05, 0) is 53.2 Å². The second kappa shape index (κ2) is 13.2. The van der Waals surface area contributed by atoms with Gasteiger partial charge in [-0.2, -0.15) is 5.10 Å². The SMILES string of the molecule is CN=CNc1ccc(Oc2ccon2)cc1.O=C/C(=C\NCc1ccc(Cl)cc1)c1ccn[nH]1. The van der Waals surface area contributed by atoms with E-state index in [1.165, 1.54) is 6.26 Å². The lowest BCUT2D eigenvalue weighted by atomic mass is 10.2. The molecule has 0 unspecified atom stereocenters. The molecule has 0 fully saturated rings. The van der Waals surface area contributed by atoms with E-state index in [4.69, 9.17) is 16.3 Å².